The molecule has 3 rings (SSSR count). The van der Waals surface area contributed by atoms with Crippen LogP contribution < -0.4 is 16.2 Å². The van der Waals surface area contributed by atoms with Crippen LogP contribution in [-0.4, -0.2) is 12.5 Å². The predicted molar refractivity (Wildman–Crippen MR) is 74.4 cm³/mol. The van der Waals surface area contributed by atoms with Gasteiger partial charge in [0.2, 0.25) is 5.91 Å². The molecule has 1 aromatic heterocycles. The standard InChI is InChI=1S/C15H17N3O2/c19-15(16-9-12-7-4-8-20-12)13-10-17-18-14(13)11-5-2-1-3-6-11/h1-8,13-14,17-18H,9-10H2,(H,16,19). The summed E-state index contributed by atoms with van der Waals surface area (Å²) in [5, 5.41) is 2.91. The molecule has 1 aromatic carbocycles. The van der Waals surface area contributed by atoms with Crippen molar-refractivity contribution in [3.05, 3.63) is 60.1 Å². The third-order valence-corrected chi connectivity index (χ3v) is 3.49. The van der Waals surface area contributed by atoms with Crippen molar-refractivity contribution in [1.29, 1.82) is 0 Å². The monoisotopic (exact) mass is 271 g/mol. The minimum Gasteiger partial charge on any atom is -0.467 e. The van der Waals surface area contributed by atoms with Crippen LogP contribution in [0.2, 0.25) is 0 Å². The molecule has 3 N–H and O–H groups in total. The lowest BCUT2D eigenvalue weighted by molar-refractivity contribution is -0.125. The lowest BCUT2D eigenvalue weighted by Crippen LogP contribution is -2.34. The van der Waals surface area contributed by atoms with E-state index in [9.17, 15) is 4.79 Å². The van der Waals surface area contributed by atoms with Crippen LogP contribution in [0, 0.1) is 5.92 Å². The van der Waals surface area contributed by atoms with Crippen LogP contribution in [0.1, 0.15) is 17.4 Å². The van der Waals surface area contributed by atoms with Crippen LogP contribution in [0.25, 0.3) is 0 Å². The first kappa shape index (κ1) is 12.9. The molecule has 104 valence electrons. The summed E-state index contributed by atoms with van der Waals surface area (Å²) in [6.07, 6.45) is 1.60. The predicted octanol–water partition coefficient (Wildman–Crippen LogP) is 1.36. The third-order valence-electron chi connectivity index (χ3n) is 3.49. The molecule has 2 unspecified atom stereocenters. The van der Waals surface area contributed by atoms with E-state index < -0.39 is 0 Å². The van der Waals surface area contributed by atoms with Gasteiger partial charge in [-0.2, -0.15) is 0 Å². The average molecular weight is 271 g/mol. The topological polar surface area (TPSA) is 66.3 Å². The summed E-state index contributed by atoms with van der Waals surface area (Å²) in [6, 6.07) is 13.6. The van der Waals surface area contributed by atoms with Gasteiger partial charge in [-0.15, -0.1) is 0 Å². The van der Waals surface area contributed by atoms with Gasteiger partial charge >= 0.3 is 0 Å². The molecule has 0 aliphatic carbocycles. The van der Waals surface area contributed by atoms with E-state index >= 15 is 0 Å². The Morgan fingerprint density at radius 2 is 2.10 bits per heavy atom. The Hall–Kier alpha value is -2.11. The van der Waals surface area contributed by atoms with Gasteiger partial charge in [0.1, 0.15) is 5.76 Å². The van der Waals surface area contributed by atoms with Crippen molar-refractivity contribution in [3.63, 3.8) is 0 Å². The summed E-state index contributed by atoms with van der Waals surface area (Å²) in [4.78, 5) is 12.3. The van der Waals surface area contributed by atoms with Crippen LogP contribution in [0.15, 0.2) is 53.1 Å². The first-order valence-electron chi connectivity index (χ1n) is 6.68. The molecule has 5 heteroatoms. The molecule has 0 saturated carbocycles. The second kappa shape index (κ2) is 5.90. The molecule has 1 amide bonds. The van der Waals surface area contributed by atoms with Crippen molar-refractivity contribution < 1.29 is 9.21 Å². The Labute approximate surface area is 117 Å². The highest BCUT2D eigenvalue weighted by Gasteiger charge is 2.33. The van der Waals surface area contributed by atoms with Gasteiger partial charge in [-0.05, 0) is 17.7 Å². The summed E-state index contributed by atoms with van der Waals surface area (Å²) >= 11 is 0. The van der Waals surface area contributed by atoms with Crippen LogP contribution in [0.5, 0.6) is 0 Å². The van der Waals surface area contributed by atoms with E-state index in [4.69, 9.17) is 4.42 Å². The number of hydrogen-bond donors (Lipinski definition) is 3. The second-order valence-corrected chi connectivity index (χ2v) is 4.82. The number of amides is 1. The number of furan rings is 1. The van der Waals surface area contributed by atoms with Crippen molar-refractivity contribution >= 4 is 5.91 Å². The quantitative estimate of drug-likeness (QED) is 0.785. The zero-order valence-electron chi connectivity index (χ0n) is 11.0. The molecule has 1 fully saturated rings. The molecule has 20 heavy (non-hydrogen) atoms. The smallest absolute Gasteiger partial charge is 0.226 e. The molecule has 5 nitrogen and oxygen atoms in total. The highest BCUT2D eigenvalue weighted by molar-refractivity contribution is 5.80. The third kappa shape index (κ3) is 2.74. The highest BCUT2D eigenvalue weighted by atomic mass is 16.3. The number of hydrogen-bond acceptors (Lipinski definition) is 4. The fourth-order valence-corrected chi connectivity index (χ4v) is 2.44. The summed E-state index contributed by atoms with van der Waals surface area (Å²) < 4.78 is 5.21. The van der Waals surface area contributed by atoms with Gasteiger partial charge in [0, 0.05) is 6.54 Å². The minimum absolute atomic E-state index is 0.00667. The number of hydrazine groups is 1. The van der Waals surface area contributed by atoms with Gasteiger partial charge < -0.3 is 9.73 Å². The fourth-order valence-electron chi connectivity index (χ4n) is 2.44. The van der Waals surface area contributed by atoms with Crippen LogP contribution in [-0.2, 0) is 11.3 Å². The Morgan fingerprint density at radius 3 is 2.85 bits per heavy atom. The molecular formula is C15H17N3O2. The first-order valence-corrected chi connectivity index (χ1v) is 6.68. The van der Waals surface area contributed by atoms with Gasteiger partial charge in [0.15, 0.2) is 0 Å². The van der Waals surface area contributed by atoms with Gasteiger partial charge in [-0.3, -0.25) is 10.2 Å². The maximum atomic E-state index is 12.3. The maximum Gasteiger partial charge on any atom is 0.226 e. The Kier molecular flexibility index (Phi) is 3.80. The molecule has 2 heterocycles. The molecule has 1 saturated heterocycles. The van der Waals surface area contributed by atoms with Crippen molar-refractivity contribution in [3.8, 4) is 0 Å². The number of carbonyl (C=O) groups excluding carboxylic acids is 1. The van der Waals surface area contributed by atoms with E-state index in [0.717, 1.165) is 11.3 Å². The summed E-state index contributed by atoms with van der Waals surface area (Å²) in [5.41, 5.74) is 7.33. The molecule has 1 aliphatic rings. The van der Waals surface area contributed by atoms with Crippen LogP contribution >= 0.6 is 0 Å². The van der Waals surface area contributed by atoms with E-state index in [1.165, 1.54) is 0 Å². The van der Waals surface area contributed by atoms with Gasteiger partial charge in [0.25, 0.3) is 0 Å². The van der Waals surface area contributed by atoms with Crippen LogP contribution in [0.4, 0.5) is 0 Å². The number of nitrogens with one attached hydrogen (secondary N) is 3. The molecule has 0 bridgehead atoms. The molecule has 1 aliphatic heterocycles. The van der Waals surface area contributed by atoms with E-state index in [1.807, 2.05) is 42.5 Å². The zero-order chi connectivity index (χ0) is 13.8. The van der Waals surface area contributed by atoms with E-state index in [1.54, 1.807) is 6.26 Å². The second-order valence-electron chi connectivity index (χ2n) is 4.82. The SMILES string of the molecule is O=C(NCc1ccco1)C1CNNC1c1ccccc1. The van der Waals surface area contributed by atoms with E-state index in [2.05, 4.69) is 16.2 Å². The number of rotatable bonds is 4. The Balaban J connectivity index is 1.64. The molecular weight excluding hydrogens is 254 g/mol. The lowest BCUT2D eigenvalue weighted by Gasteiger charge is -2.18. The van der Waals surface area contributed by atoms with Crippen molar-refractivity contribution in [2.75, 3.05) is 6.54 Å². The van der Waals surface area contributed by atoms with E-state index in [-0.39, 0.29) is 17.9 Å². The Morgan fingerprint density at radius 1 is 1.25 bits per heavy atom. The fraction of sp³-hybridized carbons (Fsp3) is 0.267. The van der Waals surface area contributed by atoms with Crippen LogP contribution in [0.3, 0.4) is 0 Å². The zero-order valence-corrected chi connectivity index (χ0v) is 11.0. The van der Waals surface area contributed by atoms with Crippen molar-refractivity contribution in [2.45, 2.75) is 12.6 Å². The summed E-state index contributed by atoms with van der Waals surface area (Å²) in [7, 11) is 0. The van der Waals surface area contributed by atoms with Gasteiger partial charge in [-0.1, -0.05) is 30.3 Å². The molecule has 0 radical (unpaired) electrons. The largest absolute Gasteiger partial charge is 0.467 e. The minimum atomic E-state index is -0.132. The molecule has 0 spiro atoms. The maximum absolute atomic E-state index is 12.3. The number of carbonyl (C=O) groups is 1. The number of benzene rings is 1. The summed E-state index contributed by atoms with van der Waals surface area (Å²) in [5.74, 6) is 0.647. The lowest BCUT2D eigenvalue weighted by atomic mass is 9.94. The van der Waals surface area contributed by atoms with Gasteiger partial charge in [0.05, 0.1) is 24.8 Å². The molecule has 2 atom stereocenters. The highest BCUT2D eigenvalue weighted by Crippen LogP contribution is 2.24. The normalized spacial score (nSPS) is 21.8. The van der Waals surface area contributed by atoms with Crippen molar-refractivity contribution in [1.82, 2.24) is 16.2 Å². The van der Waals surface area contributed by atoms with E-state index in [0.29, 0.717) is 13.1 Å². The first-order chi connectivity index (χ1) is 9.84. The molecule has 2 aromatic rings. The summed E-state index contributed by atoms with van der Waals surface area (Å²) in [6.45, 7) is 1.04. The Bertz CT molecular complexity index is 554. The average Bonchev–Trinajstić information content (AvgIpc) is 3.17. The van der Waals surface area contributed by atoms with Gasteiger partial charge in [-0.25, -0.2) is 5.43 Å². The van der Waals surface area contributed by atoms with Crippen molar-refractivity contribution in [2.24, 2.45) is 5.92 Å².